The van der Waals surface area contributed by atoms with Gasteiger partial charge in [0.1, 0.15) is 5.69 Å². The zero-order valence-electron chi connectivity index (χ0n) is 10.5. The molecule has 1 aliphatic heterocycles. The van der Waals surface area contributed by atoms with E-state index < -0.39 is 0 Å². The quantitative estimate of drug-likeness (QED) is 0.927. The second kappa shape index (κ2) is 4.70. The Morgan fingerprint density at radius 2 is 2.22 bits per heavy atom. The standard InChI is InChI=1S/C13H18BrN3O/c1-16-5-4-10(8-16)15-13(18)12-6-9(14)7-17(12)11-2-3-11/h6-7,10-11H,2-5,8H2,1H3,(H,15,18). The average Bonchev–Trinajstić information content (AvgIpc) is 2.98. The van der Waals surface area contributed by atoms with E-state index in [0.717, 1.165) is 29.7 Å². The molecule has 5 heteroatoms. The lowest BCUT2D eigenvalue weighted by molar-refractivity contribution is 0.0929. The van der Waals surface area contributed by atoms with Crippen LogP contribution in [0.3, 0.4) is 0 Å². The van der Waals surface area contributed by atoms with Crippen LogP contribution < -0.4 is 5.32 Å². The van der Waals surface area contributed by atoms with Crippen LogP contribution >= 0.6 is 15.9 Å². The topological polar surface area (TPSA) is 37.3 Å². The van der Waals surface area contributed by atoms with E-state index in [1.54, 1.807) is 0 Å². The minimum Gasteiger partial charge on any atom is -0.347 e. The van der Waals surface area contributed by atoms with Crippen molar-refractivity contribution in [3.8, 4) is 0 Å². The van der Waals surface area contributed by atoms with Crippen LogP contribution in [0.1, 0.15) is 35.8 Å². The van der Waals surface area contributed by atoms with Gasteiger partial charge in [-0.2, -0.15) is 0 Å². The molecular formula is C13H18BrN3O. The highest BCUT2D eigenvalue weighted by atomic mass is 79.9. The van der Waals surface area contributed by atoms with Gasteiger partial charge >= 0.3 is 0 Å². The summed E-state index contributed by atoms with van der Waals surface area (Å²) in [6.45, 7) is 2.02. The fourth-order valence-corrected chi connectivity index (χ4v) is 3.03. The first-order valence-corrected chi connectivity index (χ1v) is 7.29. The summed E-state index contributed by atoms with van der Waals surface area (Å²) >= 11 is 3.46. The SMILES string of the molecule is CN1CCC(NC(=O)c2cc(Br)cn2C2CC2)C1. The van der Waals surface area contributed by atoms with Crippen LogP contribution in [0.4, 0.5) is 0 Å². The lowest BCUT2D eigenvalue weighted by Gasteiger charge is -2.14. The molecule has 2 fully saturated rings. The Bertz CT molecular complexity index is 467. The number of halogens is 1. The maximum absolute atomic E-state index is 12.3. The summed E-state index contributed by atoms with van der Waals surface area (Å²) in [4.78, 5) is 14.6. The van der Waals surface area contributed by atoms with Gasteiger partial charge in [0.2, 0.25) is 0 Å². The molecule has 0 aromatic carbocycles. The van der Waals surface area contributed by atoms with Gasteiger partial charge in [-0.15, -0.1) is 0 Å². The molecule has 1 aliphatic carbocycles. The lowest BCUT2D eigenvalue weighted by atomic mass is 10.2. The molecular weight excluding hydrogens is 294 g/mol. The molecule has 4 nitrogen and oxygen atoms in total. The minimum atomic E-state index is 0.0629. The van der Waals surface area contributed by atoms with Crippen LogP contribution in [-0.2, 0) is 0 Å². The van der Waals surface area contributed by atoms with Crippen molar-refractivity contribution in [1.82, 2.24) is 14.8 Å². The highest BCUT2D eigenvalue weighted by molar-refractivity contribution is 9.10. The number of aromatic nitrogens is 1. The average molecular weight is 312 g/mol. The molecule has 2 aliphatic rings. The molecule has 1 saturated heterocycles. The van der Waals surface area contributed by atoms with Gasteiger partial charge in [0, 0.05) is 29.3 Å². The highest BCUT2D eigenvalue weighted by Gasteiger charge is 2.29. The van der Waals surface area contributed by atoms with E-state index in [1.807, 2.05) is 12.3 Å². The number of amides is 1. The number of likely N-dealkylation sites (N-methyl/N-ethyl adjacent to an activating group) is 1. The van der Waals surface area contributed by atoms with E-state index in [4.69, 9.17) is 0 Å². The number of hydrogen-bond donors (Lipinski definition) is 1. The first-order chi connectivity index (χ1) is 8.63. The van der Waals surface area contributed by atoms with E-state index in [9.17, 15) is 4.79 Å². The molecule has 2 heterocycles. The molecule has 0 spiro atoms. The smallest absolute Gasteiger partial charge is 0.268 e. The summed E-state index contributed by atoms with van der Waals surface area (Å²) in [5, 5.41) is 3.14. The van der Waals surface area contributed by atoms with Gasteiger partial charge in [-0.05, 0) is 54.9 Å². The molecule has 1 aromatic rings. The number of rotatable bonds is 3. The summed E-state index contributed by atoms with van der Waals surface area (Å²) in [5.41, 5.74) is 0.791. The van der Waals surface area contributed by atoms with Gasteiger partial charge in [0.05, 0.1) is 0 Å². The van der Waals surface area contributed by atoms with Gasteiger partial charge in [-0.25, -0.2) is 0 Å². The van der Waals surface area contributed by atoms with Crippen LogP contribution in [0.5, 0.6) is 0 Å². The van der Waals surface area contributed by atoms with E-state index >= 15 is 0 Å². The van der Waals surface area contributed by atoms with Crippen molar-refractivity contribution in [1.29, 1.82) is 0 Å². The summed E-state index contributed by atoms with van der Waals surface area (Å²) < 4.78 is 3.10. The molecule has 98 valence electrons. The van der Waals surface area contributed by atoms with E-state index in [0.29, 0.717) is 12.1 Å². The normalized spacial score (nSPS) is 24.4. The Kier molecular flexibility index (Phi) is 3.20. The van der Waals surface area contributed by atoms with Crippen LogP contribution in [0.15, 0.2) is 16.7 Å². The Hall–Kier alpha value is -0.810. The van der Waals surface area contributed by atoms with Crippen molar-refractivity contribution >= 4 is 21.8 Å². The number of nitrogens with one attached hydrogen (secondary N) is 1. The molecule has 1 amide bonds. The molecule has 18 heavy (non-hydrogen) atoms. The second-order valence-corrected chi connectivity index (χ2v) is 6.32. The van der Waals surface area contributed by atoms with Gasteiger partial charge in [-0.1, -0.05) is 0 Å². The van der Waals surface area contributed by atoms with Gasteiger partial charge in [-0.3, -0.25) is 4.79 Å². The Morgan fingerprint density at radius 1 is 1.44 bits per heavy atom. The van der Waals surface area contributed by atoms with Crippen molar-refractivity contribution in [3.63, 3.8) is 0 Å². The van der Waals surface area contributed by atoms with Crippen molar-refractivity contribution in [2.45, 2.75) is 31.3 Å². The number of carbonyl (C=O) groups excluding carboxylic acids is 1. The first-order valence-electron chi connectivity index (χ1n) is 6.50. The summed E-state index contributed by atoms with van der Waals surface area (Å²) in [7, 11) is 2.09. The maximum Gasteiger partial charge on any atom is 0.268 e. The second-order valence-electron chi connectivity index (χ2n) is 5.40. The summed E-state index contributed by atoms with van der Waals surface area (Å²) in [5.74, 6) is 0.0629. The predicted molar refractivity (Wildman–Crippen MR) is 73.8 cm³/mol. The molecule has 1 saturated carbocycles. The van der Waals surface area contributed by atoms with Crippen molar-refractivity contribution in [3.05, 3.63) is 22.4 Å². The van der Waals surface area contributed by atoms with Crippen LogP contribution in [0, 0.1) is 0 Å². The molecule has 0 radical (unpaired) electrons. The third-order valence-corrected chi connectivity index (χ3v) is 4.15. The molecule has 1 unspecified atom stereocenters. The van der Waals surface area contributed by atoms with Crippen molar-refractivity contribution < 1.29 is 4.79 Å². The van der Waals surface area contributed by atoms with Gasteiger partial charge < -0.3 is 14.8 Å². The summed E-state index contributed by atoms with van der Waals surface area (Å²) in [6.07, 6.45) is 5.45. The Balaban J connectivity index is 1.71. The number of nitrogens with zero attached hydrogens (tertiary/aromatic N) is 2. The molecule has 1 atom stereocenters. The molecule has 1 aromatic heterocycles. The van der Waals surface area contributed by atoms with E-state index in [1.165, 1.54) is 12.8 Å². The van der Waals surface area contributed by atoms with Crippen molar-refractivity contribution in [2.75, 3.05) is 20.1 Å². The zero-order valence-corrected chi connectivity index (χ0v) is 12.1. The molecule has 3 rings (SSSR count). The minimum absolute atomic E-state index is 0.0629. The third-order valence-electron chi connectivity index (χ3n) is 3.71. The first kappa shape index (κ1) is 12.2. The third kappa shape index (κ3) is 2.47. The highest BCUT2D eigenvalue weighted by Crippen LogP contribution is 2.37. The van der Waals surface area contributed by atoms with Gasteiger partial charge in [0.25, 0.3) is 5.91 Å². The number of likely N-dealkylation sites (tertiary alicyclic amines) is 1. The number of carbonyl (C=O) groups is 1. The maximum atomic E-state index is 12.3. The zero-order chi connectivity index (χ0) is 12.7. The van der Waals surface area contributed by atoms with E-state index in [-0.39, 0.29) is 5.91 Å². The Labute approximate surface area is 115 Å². The fraction of sp³-hybridized carbons (Fsp3) is 0.615. The largest absolute Gasteiger partial charge is 0.347 e. The van der Waals surface area contributed by atoms with Crippen LogP contribution in [-0.4, -0.2) is 41.6 Å². The molecule has 1 N–H and O–H groups in total. The van der Waals surface area contributed by atoms with Crippen LogP contribution in [0.25, 0.3) is 0 Å². The van der Waals surface area contributed by atoms with E-state index in [2.05, 4.69) is 37.8 Å². The predicted octanol–water partition coefficient (Wildman–Crippen LogP) is 2.02. The monoisotopic (exact) mass is 311 g/mol. The number of hydrogen-bond acceptors (Lipinski definition) is 2. The van der Waals surface area contributed by atoms with Crippen molar-refractivity contribution in [2.24, 2.45) is 0 Å². The van der Waals surface area contributed by atoms with Gasteiger partial charge in [0.15, 0.2) is 0 Å². The summed E-state index contributed by atoms with van der Waals surface area (Å²) in [6, 6.07) is 2.75. The van der Waals surface area contributed by atoms with Crippen LogP contribution in [0.2, 0.25) is 0 Å². The lowest BCUT2D eigenvalue weighted by Crippen LogP contribution is -2.37. The Morgan fingerprint density at radius 3 is 2.83 bits per heavy atom. The fourth-order valence-electron chi connectivity index (χ4n) is 2.59. The molecule has 0 bridgehead atoms.